The van der Waals surface area contributed by atoms with E-state index < -0.39 is 28.4 Å². The fraction of sp³-hybridized carbons (Fsp3) is 0.529. The second-order valence-corrected chi connectivity index (χ2v) is 9.80. The number of anilines is 1. The van der Waals surface area contributed by atoms with Crippen LogP contribution in [0, 0.1) is 11.8 Å². The average molecular weight is 428 g/mol. The van der Waals surface area contributed by atoms with Crippen LogP contribution in [0.15, 0.2) is 24.7 Å². The summed E-state index contributed by atoms with van der Waals surface area (Å²) >= 11 is 0. The Labute approximate surface area is 164 Å². The zero-order valence-electron chi connectivity index (χ0n) is 15.3. The van der Waals surface area contributed by atoms with Crippen LogP contribution in [0.25, 0.3) is 16.7 Å². The summed E-state index contributed by atoms with van der Waals surface area (Å²) in [7, 11) is -3.90. The Balaban J connectivity index is 1.33. The number of nitrogens with zero attached hydrogens (tertiary/aromatic N) is 5. The topological polar surface area (TPSA) is 86.6 Å². The van der Waals surface area contributed by atoms with Crippen molar-refractivity contribution in [1.29, 1.82) is 0 Å². The minimum absolute atomic E-state index is 0.0755. The highest BCUT2D eigenvalue weighted by atomic mass is 32.2. The second kappa shape index (κ2) is 6.33. The van der Waals surface area contributed by atoms with Gasteiger partial charge in [-0.2, -0.15) is 13.2 Å². The average Bonchev–Trinajstić information content (AvgIpc) is 3.38. The number of halogens is 3. The molecule has 1 N–H and O–H groups in total. The number of rotatable bonds is 4. The normalized spacial score (nSPS) is 23.5. The van der Waals surface area contributed by atoms with E-state index in [0.29, 0.717) is 13.1 Å². The van der Waals surface area contributed by atoms with Gasteiger partial charge < -0.3 is 9.88 Å². The van der Waals surface area contributed by atoms with Crippen LogP contribution in [0.3, 0.4) is 0 Å². The molecule has 12 heteroatoms. The number of H-pyrrole nitrogens is 1. The van der Waals surface area contributed by atoms with E-state index in [-0.39, 0.29) is 24.9 Å². The number of imidazole rings is 1. The lowest BCUT2D eigenvalue weighted by Gasteiger charge is -2.22. The van der Waals surface area contributed by atoms with E-state index in [4.69, 9.17) is 0 Å². The minimum Gasteiger partial charge on any atom is -0.345 e. The van der Waals surface area contributed by atoms with E-state index in [1.807, 2.05) is 16.7 Å². The Morgan fingerprint density at radius 3 is 2.48 bits per heavy atom. The predicted octanol–water partition coefficient (Wildman–Crippen LogP) is 1.86. The van der Waals surface area contributed by atoms with Crippen molar-refractivity contribution in [3.05, 3.63) is 24.7 Å². The first-order valence-electron chi connectivity index (χ1n) is 9.30. The molecule has 0 aliphatic carbocycles. The molecule has 0 bridgehead atoms. The Morgan fingerprint density at radius 2 is 1.79 bits per heavy atom. The van der Waals surface area contributed by atoms with Gasteiger partial charge in [0, 0.05) is 32.4 Å². The van der Waals surface area contributed by atoms with Crippen LogP contribution < -0.4 is 4.90 Å². The van der Waals surface area contributed by atoms with Gasteiger partial charge in [0.2, 0.25) is 16.0 Å². The number of sulfonamides is 1. The largest absolute Gasteiger partial charge is 0.390 e. The smallest absolute Gasteiger partial charge is 0.345 e. The van der Waals surface area contributed by atoms with E-state index in [2.05, 4.69) is 19.9 Å². The van der Waals surface area contributed by atoms with Crippen LogP contribution in [-0.4, -0.2) is 70.2 Å². The minimum atomic E-state index is -4.47. The summed E-state index contributed by atoms with van der Waals surface area (Å²) in [5.41, 5.74) is 2.52. The lowest BCUT2D eigenvalue weighted by atomic mass is 10.0. The molecule has 0 unspecified atom stereocenters. The number of aromatic amines is 1. The Hall–Kier alpha value is -2.34. The summed E-state index contributed by atoms with van der Waals surface area (Å²) in [6.45, 7) is 1.74. The van der Waals surface area contributed by atoms with Gasteiger partial charge in [0.15, 0.2) is 5.65 Å². The monoisotopic (exact) mass is 428 g/mol. The number of aromatic nitrogens is 4. The third-order valence-corrected chi connectivity index (χ3v) is 7.62. The molecule has 0 radical (unpaired) electrons. The fourth-order valence-corrected chi connectivity index (χ4v) is 5.98. The molecule has 0 saturated carbocycles. The summed E-state index contributed by atoms with van der Waals surface area (Å²) in [4.78, 5) is 14.1. The van der Waals surface area contributed by atoms with Crippen LogP contribution in [0.5, 0.6) is 0 Å². The lowest BCUT2D eigenvalue weighted by Crippen LogP contribution is -2.36. The number of fused-ring (bicyclic) bond motifs is 4. The van der Waals surface area contributed by atoms with Gasteiger partial charge in [-0.25, -0.2) is 22.7 Å². The Morgan fingerprint density at radius 1 is 1.10 bits per heavy atom. The van der Waals surface area contributed by atoms with Crippen LogP contribution in [-0.2, 0) is 10.0 Å². The van der Waals surface area contributed by atoms with Gasteiger partial charge in [0.05, 0.1) is 35.6 Å². The zero-order chi connectivity index (χ0) is 20.4. The van der Waals surface area contributed by atoms with Crippen molar-refractivity contribution in [2.45, 2.75) is 12.6 Å². The number of hydrogen-bond acceptors (Lipinski definition) is 5. The maximum atomic E-state index is 12.4. The number of hydrogen-bond donors (Lipinski definition) is 1. The van der Waals surface area contributed by atoms with Gasteiger partial charge in [0.1, 0.15) is 0 Å². The molecule has 3 aromatic rings. The maximum Gasteiger partial charge on any atom is 0.390 e. The van der Waals surface area contributed by atoms with Crippen molar-refractivity contribution in [3.8, 4) is 0 Å². The Kier molecular flexibility index (Phi) is 4.07. The quantitative estimate of drug-likeness (QED) is 0.686. The summed E-state index contributed by atoms with van der Waals surface area (Å²) in [6, 6.07) is 1.92. The molecule has 0 aromatic carbocycles. The van der Waals surface area contributed by atoms with E-state index in [0.717, 1.165) is 22.6 Å². The molecule has 2 fully saturated rings. The molecule has 156 valence electrons. The molecule has 0 spiro atoms. The third kappa shape index (κ3) is 3.23. The van der Waals surface area contributed by atoms with Crippen LogP contribution >= 0.6 is 0 Å². The maximum absolute atomic E-state index is 12.4. The van der Waals surface area contributed by atoms with E-state index in [9.17, 15) is 21.6 Å². The molecular weight excluding hydrogens is 409 g/mol. The molecule has 5 heterocycles. The number of alkyl halides is 3. The molecule has 2 saturated heterocycles. The van der Waals surface area contributed by atoms with E-state index >= 15 is 0 Å². The van der Waals surface area contributed by atoms with Crippen LogP contribution in [0.2, 0.25) is 0 Å². The van der Waals surface area contributed by atoms with Crippen molar-refractivity contribution >= 4 is 32.7 Å². The summed E-state index contributed by atoms with van der Waals surface area (Å²) in [5.74, 6) is 0.0363. The molecule has 0 amide bonds. The van der Waals surface area contributed by atoms with Gasteiger partial charge in [-0.15, -0.1) is 0 Å². The molecule has 2 aliphatic heterocycles. The van der Waals surface area contributed by atoms with Crippen molar-refractivity contribution in [3.63, 3.8) is 0 Å². The highest BCUT2D eigenvalue weighted by Gasteiger charge is 2.45. The SMILES string of the molecule is O=S(=O)(CCC(F)(F)F)N1C[C@H]2CN(c3ncc4cnc5[nH]ccc5n34)C[C@H]2C1. The Bertz CT molecular complexity index is 1160. The van der Waals surface area contributed by atoms with Crippen molar-refractivity contribution in [2.24, 2.45) is 11.8 Å². The van der Waals surface area contributed by atoms with Gasteiger partial charge in [0.25, 0.3) is 0 Å². The first-order chi connectivity index (χ1) is 13.7. The van der Waals surface area contributed by atoms with Crippen LogP contribution in [0.1, 0.15) is 6.42 Å². The van der Waals surface area contributed by atoms with Crippen molar-refractivity contribution in [2.75, 3.05) is 36.8 Å². The first kappa shape index (κ1) is 18.7. The van der Waals surface area contributed by atoms with Crippen molar-refractivity contribution < 1.29 is 21.6 Å². The van der Waals surface area contributed by atoms with Gasteiger partial charge in [-0.1, -0.05) is 0 Å². The van der Waals surface area contributed by atoms with E-state index in [1.54, 1.807) is 12.4 Å². The summed E-state index contributed by atoms with van der Waals surface area (Å²) < 4.78 is 65.1. The highest BCUT2D eigenvalue weighted by molar-refractivity contribution is 7.89. The fourth-order valence-electron chi connectivity index (χ4n) is 4.40. The molecule has 2 aliphatic rings. The molecule has 3 aromatic heterocycles. The standard InChI is InChI=1S/C17H19F3N6O2S/c18-17(19,20)2-4-29(27,28)25-9-11-7-24(8-12(11)10-25)16-23-6-13-5-22-15-14(26(13)16)1-3-21-15/h1,3,5-6,11-12,21H,2,4,7-10H2/t11-,12+. The van der Waals surface area contributed by atoms with Crippen LogP contribution in [0.4, 0.5) is 19.1 Å². The van der Waals surface area contributed by atoms with Gasteiger partial charge in [-0.05, 0) is 17.9 Å². The van der Waals surface area contributed by atoms with Gasteiger partial charge in [-0.3, -0.25) is 4.40 Å². The second-order valence-electron chi connectivity index (χ2n) is 7.71. The molecule has 8 nitrogen and oxygen atoms in total. The third-order valence-electron chi connectivity index (χ3n) is 5.81. The predicted molar refractivity (Wildman–Crippen MR) is 100 cm³/mol. The highest BCUT2D eigenvalue weighted by Crippen LogP contribution is 2.36. The lowest BCUT2D eigenvalue weighted by molar-refractivity contribution is -0.130. The molecule has 5 rings (SSSR count). The van der Waals surface area contributed by atoms with E-state index in [1.165, 1.54) is 4.31 Å². The molecule has 29 heavy (non-hydrogen) atoms. The molecule has 2 atom stereocenters. The zero-order valence-corrected chi connectivity index (χ0v) is 16.1. The van der Waals surface area contributed by atoms with Gasteiger partial charge >= 0.3 is 6.18 Å². The van der Waals surface area contributed by atoms with Crippen molar-refractivity contribution in [1.82, 2.24) is 23.7 Å². The first-order valence-corrected chi connectivity index (χ1v) is 10.9. The molecular formula is C17H19F3N6O2S. The number of nitrogens with one attached hydrogen (secondary N) is 1. The summed E-state index contributed by atoms with van der Waals surface area (Å²) in [6.07, 6.45) is -0.491. The summed E-state index contributed by atoms with van der Waals surface area (Å²) in [5, 5.41) is 0.